The van der Waals surface area contributed by atoms with Crippen molar-refractivity contribution in [1.29, 1.82) is 0 Å². The van der Waals surface area contributed by atoms with Crippen molar-refractivity contribution in [1.82, 2.24) is 24.8 Å². The van der Waals surface area contributed by atoms with Crippen molar-refractivity contribution in [3.63, 3.8) is 0 Å². The van der Waals surface area contributed by atoms with Crippen molar-refractivity contribution in [3.05, 3.63) is 24.1 Å². The lowest BCUT2D eigenvalue weighted by Crippen LogP contribution is -2.45. The van der Waals surface area contributed by atoms with Crippen molar-refractivity contribution in [2.75, 3.05) is 44.6 Å². The van der Waals surface area contributed by atoms with E-state index in [1.165, 1.54) is 16.8 Å². The second-order valence-electron chi connectivity index (χ2n) is 4.60. The number of rotatable bonds is 4. The highest BCUT2D eigenvalue weighted by atomic mass is 19.1. The molecule has 0 aliphatic carbocycles. The number of hydrogen-bond donors (Lipinski definition) is 2. The highest BCUT2D eigenvalue weighted by molar-refractivity contribution is 5.42. The van der Waals surface area contributed by atoms with Gasteiger partial charge in [0, 0.05) is 39.3 Å². The standard InChI is InChI=1S/C12H17FN6/c13-10-1-2-11-16-12(17-19(11)9-10)15-5-8-18-6-3-14-4-7-18/h1-2,9,14H,3-8H2,(H,15,17). The normalized spacial score (nSPS) is 16.9. The molecule has 2 aromatic rings. The number of nitrogens with zero attached hydrogens (tertiary/aromatic N) is 4. The minimum Gasteiger partial charge on any atom is -0.352 e. The van der Waals surface area contributed by atoms with Crippen LogP contribution in [0.1, 0.15) is 0 Å². The van der Waals surface area contributed by atoms with E-state index in [-0.39, 0.29) is 5.82 Å². The van der Waals surface area contributed by atoms with E-state index in [9.17, 15) is 4.39 Å². The van der Waals surface area contributed by atoms with Gasteiger partial charge in [-0.15, -0.1) is 5.10 Å². The molecule has 1 aliphatic heterocycles. The number of hydrogen-bond acceptors (Lipinski definition) is 5. The number of fused-ring (bicyclic) bond motifs is 1. The van der Waals surface area contributed by atoms with Gasteiger partial charge in [0.25, 0.3) is 0 Å². The van der Waals surface area contributed by atoms with Gasteiger partial charge < -0.3 is 10.6 Å². The molecule has 0 aromatic carbocycles. The molecule has 0 saturated carbocycles. The Hall–Kier alpha value is -1.73. The molecule has 102 valence electrons. The van der Waals surface area contributed by atoms with Crippen LogP contribution in [-0.2, 0) is 0 Å². The van der Waals surface area contributed by atoms with Gasteiger partial charge in [0.15, 0.2) is 5.65 Å². The monoisotopic (exact) mass is 264 g/mol. The molecule has 0 amide bonds. The maximum absolute atomic E-state index is 13.0. The van der Waals surface area contributed by atoms with Crippen LogP contribution in [0.15, 0.2) is 18.3 Å². The zero-order chi connectivity index (χ0) is 13.1. The summed E-state index contributed by atoms with van der Waals surface area (Å²) in [6, 6.07) is 3.00. The van der Waals surface area contributed by atoms with Gasteiger partial charge in [-0.2, -0.15) is 4.98 Å². The first-order chi connectivity index (χ1) is 9.31. The van der Waals surface area contributed by atoms with E-state index in [0.29, 0.717) is 11.6 Å². The third-order valence-corrected chi connectivity index (χ3v) is 3.22. The molecule has 1 saturated heterocycles. The summed E-state index contributed by atoms with van der Waals surface area (Å²) in [5.74, 6) is 0.227. The maximum Gasteiger partial charge on any atom is 0.243 e. The Morgan fingerprint density at radius 3 is 3.00 bits per heavy atom. The first-order valence-electron chi connectivity index (χ1n) is 6.50. The summed E-state index contributed by atoms with van der Waals surface area (Å²) in [4.78, 5) is 6.67. The van der Waals surface area contributed by atoms with Gasteiger partial charge in [-0.25, -0.2) is 8.91 Å². The van der Waals surface area contributed by atoms with E-state index >= 15 is 0 Å². The zero-order valence-electron chi connectivity index (χ0n) is 10.6. The van der Waals surface area contributed by atoms with Gasteiger partial charge >= 0.3 is 0 Å². The average Bonchev–Trinajstić information content (AvgIpc) is 2.82. The molecule has 2 N–H and O–H groups in total. The molecule has 7 heteroatoms. The third-order valence-electron chi connectivity index (χ3n) is 3.22. The first kappa shape index (κ1) is 12.3. The molecule has 0 atom stereocenters. The molecule has 1 fully saturated rings. The van der Waals surface area contributed by atoms with Crippen molar-refractivity contribution in [3.8, 4) is 0 Å². The third kappa shape index (κ3) is 2.99. The molecule has 0 unspecified atom stereocenters. The average molecular weight is 264 g/mol. The topological polar surface area (TPSA) is 57.5 Å². The molecule has 0 spiro atoms. The lowest BCUT2D eigenvalue weighted by Gasteiger charge is -2.26. The fourth-order valence-corrected chi connectivity index (χ4v) is 2.19. The Balaban J connectivity index is 1.56. The summed E-state index contributed by atoms with van der Waals surface area (Å²) in [7, 11) is 0. The number of piperazine rings is 1. The Morgan fingerprint density at radius 1 is 1.32 bits per heavy atom. The van der Waals surface area contributed by atoms with Crippen molar-refractivity contribution >= 4 is 11.6 Å². The number of halogens is 1. The van der Waals surface area contributed by atoms with Crippen LogP contribution in [0.25, 0.3) is 5.65 Å². The van der Waals surface area contributed by atoms with Crippen molar-refractivity contribution in [2.45, 2.75) is 0 Å². The number of nitrogens with one attached hydrogen (secondary N) is 2. The van der Waals surface area contributed by atoms with Crippen LogP contribution in [0.5, 0.6) is 0 Å². The number of anilines is 1. The molecule has 1 aliphatic rings. The second kappa shape index (κ2) is 5.50. The summed E-state index contributed by atoms with van der Waals surface area (Å²) in [5.41, 5.74) is 0.645. The minimum atomic E-state index is -0.315. The highest BCUT2D eigenvalue weighted by Crippen LogP contribution is 2.06. The van der Waals surface area contributed by atoms with Gasteiger partial charge in [0.05, 0.1) is 6.20 Å². The van der Waals surface area contributed by atoms with E-state index < -0.39 is 0 Å². The minimum absolute atomic E-state index is 0.315. The summed E-state index contributed by atoms with van der Waals surface area (Å²) < 4.78 is 14.5. The van der Waals surface area contributed by atoms with Crippen LogP contribution in [0.3, 0.4) is 0 Å². The lowest BCUT2D eigenvalue weighted by molar-refractivity contribution is 0.249. The van der Waals surface area contributed by atoms with E-state index in [0.717, 1.165) is 39.3 Å². The second-order valence-corrected chi connectivity index (χ2v) is 4.60. The molecule has 19 heavy (non-hydrogen) atoms. The van der Waals surface area contributed by atoms with Crippen LogP contribution in [0.2, 0.25) is 0 Å². The van der Waals surface area contributed by atoms with E-state index in [1.54, 1.807) is 6.07 Å². The van der Waals surface area contributed by atoms with Crippen LogP contribution in [0, 0.1) is 5.82 Å². The van der Waals surface area contributed by atoms with Crippen LogP contribution < -0.4 is 10.6 Å². The number of aromatic nitrogens is 3. The molecule has 0 bridgehead atoms. The Kier molecular flexibility index (Phi) is 3.56. The summed E-state index contributed by atoms with van der Waals surface area (Å²) >= 11 is 0. The van der Waals surface area contributed by atoms with Gasteiger partial charge in [0.2, 0.25) is 5.95 Å². The predicted octanol–water partition coefficient (Wildman–Crippen LogP) is 0.186. The van der Waals surface area contributed by atoms with Gasteiger partial charge in [-0.05, 0) is 12.1 Å². The van der Waals surface area contributed by atoms with Crippen molar-refractivity contribution < 1.29 is 4.39 Å². The summed E-state index contributed by atoms with van der Waals surface area (Å²) in [6.45, 7) is 6.00. The van der Waals surface area contributed by atoms with E-state index in [4.69, 9.17) is 0 Å². The maximum atomic E-state index is 13.0. The van der Waals surface area contributed by atoms with Crippen molar-refractivity contribution in [2.24, 2.45) is 0 Å². The SMILES string of the molecule is Fc1ccc2nc(NCCN3CCNCC3)nn2c1. The molecule has 3 heterocycles. The van der Waals surface area contributed by atoms with Crippen LogP contribution in [0.4, 0.5) is 10.3 Å². The Bertz CT molecular complexity index is 548. The summed E-state index contributed by atoms with van der Waals surface area (Å²) in [6.07, 6.45) is 1.32. The molecule has 2 aromatic heterocycles. The molecule has 6 nitrogen and oxygen atoms in total. The Labute approximate surface area is 110 Å². The highest BCUT2D eigenvalue weighted by Gasteiger charge is 2.09. The van der Waals surface area contributed by atoms with Gasteiger partial charge in [-0.1, -0.05) is 0 Å². The smallest absolute Gasteiger partial charge is 0.243 e. The Morgan fingerprint density at radius 2 is 2.16 bits per heavy atom. The van der Waals surface area contributed by atoms with E-state index in [2.05, 4.69) is 25.6 Å². The largest absolute Gasteiger partial charge is 0.352 e. The van der Waals surface area contributed by atoms with Gasteiger partial charge in [0.1, 0.15) is 5.82 Å². The predicted molar refractivity (Wildman–Crippen MR) is 70.7 cm³/mol. The lowest BCUT2D eigenvalue weighted by atomic mass is 10.3. The fourth-order valence-electron chi connectivity index (χ4n) is 2.19. The number of pyridine rings is 1. The first-order valence-corrected chi connectivity index (χ1v) is 6.50. The molecule has 3 rings (SSSR count). The van der Waals surface area contributed by atoms with E-state index in [1.807, 2.05) is 0 Å². The van der Waals surface area contributed by atoms with Crippen LogP contribution >= 0.6 is 0 Å². The van der Waals surface area contributed by atoms with Crippen LogP contribution in [-0.4, -0.2) is 58.8 Å². The molecular weight excluding hydrogens is 247 g/mol. The van der Waals surface area contributed by atoms with Gasteiger partial charge in [-0.3, -0.25) is 4.90 Å². The summed E-state index contributed by atoms with van der Waals surface area (Å²) in [5, 5.41) is 10.7. The zero-order valence-corrected chi connectivity index (χ0v) is 10.6. The quantitative estimate of drug-likeness (QED) is 0.825. The molecular formula is C12H17FN6. The molecule has 0 radical (unpaired) electrons. The fraction of sp³-hybridized carbons (Fsp3) is 0.500.